The van der Waals surface area contributed by atoms with Gasteiger partial charge in [-0.1, -0.05) is 30.7 Å². The molecule has 2 aliphatic rings. The summed E-state index contributed by atoms with van der Waals surface area (Å²) >= 11 is 1.54. The maximum absolute atomic E-state index is 12.7. The van der Waals surface area contributed by atoms with E-state index in [1.54, 1.807) is 12.1 Å². The molecule has 0 unspecified atom stereocenters. The molecule has 132 valence electrons. The molecule has 0 bridgehead atoms. The highest BCUT2D eigenvalue weighted by Crippen LogP contribution is 2.46. The number of rotatable bonds is 3. The molecule has 0 saturated heterocycles. The molecule has 1 aromatic carbocycles. The fourth-order valence-electron chi connectivity index (χ4n) is 3.74. The Labute approximate surface area is 149 Å². The Hall–Kier alpha value is -2.15. The van der Waals surface area contributed by atoms with Gasteiger partial charge in [-0.25, -0.2) is 4.99 Å². The van der Waals surface area contributed by atoms with Crippen LogP contribution in [0.15, 0.2) is 28.0 Å². The third kappa shape index (κ3) is 2.76. The lowest BCUT2D eigenvalue weighted by Gasteiger charge is -2.22. The molecule has 7 heteroatoms. The van der Waals surface area contributed by atoms with Crippen molar-refractivity contribution in [3.05, 3.63) is 39.7 Å². The number of phenolic OH excluding ortho intramolecular Hbond substituents is 1. The van der Waals surface area contributed by atoms with Crippen molar-refractivity contribution in [3.8, 4) is 11.5 Å². The monoisotopic (exact) mass is 359 g/mol. The van der Waals surface area contributed by atoms with Gasteiger partial charge >= 0.3 is 0 Å². The molecular weight excluding hydrogens is 338 g/mol. The molecule has 6 nitrogen and oxygen atoms in total. The van der Waals surface area contributed by atoms with Gasteiger partial charge in [0.25, 0.3) is 5.56 Å². The quantitative estimate of drug-likeness (QED) is 0.871. The number of hydrogen-bond acceptors (Lipinski definition) is 5. The number of aromatic hydroxyl groups is 1. The van der Waals surface area contributed by atoms with Crippen LogP contribution in [0.5, 0.6) is 11.5 Å². The zero-order chi connectivity index (χ0) is 17.6. The number of nitrogens with zero attached hydrogens (tertiary/aromatic N) is 2. The number of hydrogen-bond donors (Lipinski definition) is 2. The number of aliphatic imine (C=N–C) groups is 1. The van der Waals surface area contributed by atoms with Gasteiger partial charge in [0.2, 0.25) is 0 Å². The Balaban J connectivity index is 1.82. The Morgan fingerprint density at radius 1 is 1.36 bits per heavy atom. The fraction of sp³-hybridized carbons (Fsp3) is 0.444. The Morgan fingerprint density at radius 3 is 2.80 bits per heavy atom. The van der Waals surface area contributed by atoms with Gasteiger partial charge in [-0.15, -0.1) is 0 Å². The van der Waals surface area contributed by atoms with Crippen LogP contribution in [0.4, 0.5) is 5.82 Å². The molecule has 2 N–H and O–H groups in total. The second kappa shape index (κ2) is 6.29. The highest BCUT2D eigenvalue weighted by atomic mass is 32.2. The smallest absolute Gasteiger partial charge is 0.271 e. The number of thioether (sulfide) groups is 1. The molecule has 0 spiro atoms. The normalized spacial score (nSPS) is 20.4. The topological polar surface area (TPSA) is 79.6 Å². The SMILES string of the molecule is COc1ccc([C@@H]2SC(C)=Nc3c2c(=O)[nH]n3C2CCCC2)cc1O. The summed E-state index contributed by atoms with van der Waals surface area (Å²) in [5.41, 5.74) is 1.45. The largest absolute Gasteiger partial charge is 0.504 e. The van der Waals surface area contributed by atoms with Crippen LogP contribution in [0.1, 0.15) is 55.0 Å². The van der Waals surface area contributed by atoms with Gasteiger partial charge < -0.3 is 9.84 Å². The number of phenols is 1. The lowest BCUT2D eigenvalue weighted by molar-refractivity contribution is 0.373. The van der Waals surface area contributed by atoms with Crippen LogP contribution in [0.3, 0.4) is 0 Å². The molecule has 2 heterocycles. The molecular formula is C18H21N3O3S. The number of ether oxygens (including phenoxy) is 1. The molecule has 1 aromatic heterocycles. The van der Waals surface area contributed by atoms with Crippen molar-refractivity contribution in [1.82, 2.24) is 9.78 Å². The maximum Gasteiger partial charge on any atom is 0.271 e. The summed E-state index contributed by atoms with van der Waals surface area (Å²) < 4.78 is 7.08. The predicted molar refractivity (Wildman–Crippen MR) is 99.4 cm³/mol. The van der Waals surface area contributed by atoms with Crippen LogP contribution in [-0.4, -0.2) is 27.0 Å². The first-order valence-corrected chi connectivity index (χ1v) is 9.39. The highest BCUT2D eigenvalue weighted by molar-refractivity contribution is 8.14. The Kier molecular flexibility index (Phi) is 4.11. The molecule has 4 rings (SSSR count). The minimum atomic E-state index is -0.185. The van der Waals surface area contributed by atoms with Crippen LogP contribution in [0, 0.1) is 0 Å². The third-order valence-corrected chi connectivity index (χ3v) is 6.12. The maximum atomic E-state index is 12.7. The van der Waals surface area contributed by atoms with Gasteiger partial charge in [-0.05, 0) is 37.5 Å². The highest BCUT2D eigenvalue weighted by Gasteiger charge is 2.32. The summed E-state index contributed by atoms with van der Waals surface area (Å²) in [6, 6.07) is 5.62. The van der Waals surface area contributed by atoms with E-state index < -0.39 is 0 Å². The predicted octanol–water partition coefficient (Wildman–Crippen LogP) is 3.89. The van der Waals surface area contributed by atoms with Crippen LogP contribution >= 0.6 is 11.8 Å². The molecule has 1 aliphatic carbocycles. The first-order valence-electron chi connectivity index (χ1n) is 8.51. The third-order valence-electron chi connectivity index (χ3n) is 4.95. The lowest BCUT2D eigenvalue weighted by atomic mass is 10.1. The van der Waals surface area contributed by atoms with Crippen molar-refractivity contribution >= 4 is 22.6 Å². The van der Waals surface area contributed by atoms with E-state index in [9.17, 15) is 9.90 Å². The van der Waals surface area contributed by atoms with Gasteiger partial charge in [-0.3, -0.25) is 14.6 Å². The molecule has 1 atom stereocenters. The number of fused-ring (bicyclic) bond motifs is 1. The van der Waals surface area contributed by atoms with Crippen molar-refractivity contribution in [1.29, 1.82) is 0 Å². The van der Waals surface area contributed by atoms with E-state index in [-0.39, 0.29) is 16.6 Å². The number of methoxy groups -OCH3 is 1. The van der Waals surface area contributed by atoms with Gasteiger partial charge in [0.15, 0.2) is 17.3 Å². The van der Waals surface area contributed by atoms with E-state index in [4.69, 9.17) is 4.74 Å². The average Bonchev–Trinajstić information content (AvgIpc) is 3.22. The van der Waals surface area contributed by atoms with Crippen molar-refractivity contribution in [2.75, 3.05) is 7.11 Å². The standard InChI is InChI=1S/C18H21N3O3S/c1-10-19-17-15(18(23)20-21(17)12-5-3-4-6-12)16(25-10)11-7-8-14(24-2)13(22)9-11/h7-9,12,16,22H,3-6H2,1-2H3,(H,20,23)/t16-/m0/s1. The molecule has 25 heavy (non-hydrogen) atoms. The van der Waals surface area contributed by atoms with Crippen LogP contribution in [-0.2, 0) is 0 Å². The van der Waals surface area contributed by atoms with E-state index in [0.717, 1.165) is 29.3 Å². The zero-order valence-electron chi connectivity index (χ0n) is 14.3. The van der Waals surface area contributed by atoms with Crippen LogP contribution in [0.2, 0.25) is 0 Å². The first kappa shape index (κ1) is 16.3. The second-order valence-corrected chi connectivity index (χ2v) is 7.84. The zero-order valence-corrected chi connectivity index (χ0v) is 15.1. The molecule has 1 saturated carbocycles. The Morgan fingerprint density at radius 2 is 2.12 bits per heavy atom. The van der Waals surface area contributed by atoms with E-state index in [1.807, 2.05) is 17.7 Å². The van der Waals surface area contributed by atoms with Crippen molar-refractivity contribution in [2.45, 2.75) is 43.9 Å². The summed E-state index contributed by atoms with van der Waals surface area (Å²) in [6.07, 6.45) is 4.53. The number of nitrogens with one attached hydrogen (secondary N) is 1. The number of benzene rings is 1. The van der Waals surface area contributed by atoms with Gasteiger partial charge in [-0.2, -0.15) is 0 Å². The molecule has 1 aliphatic heterocycles. The van der Waals surface area contributed by atoms with Crippen molar-refractivity contribution in [2.24, 2.45) is 4.99 Å². The molecule has 0 amide bonds. The number of H-pyrrole nitrogens is 1. The fourth-order valence-corrected chi connectivity index (χ4v) is 4.83. The first-order chi connectivity index (χ1) is 12.1. The molecule has 2 aromatic rings. The lowest BCUT2D eigenvalue weighted by Crippen LogP contribution is -2.13. The second-order valence-electron chi connectivity index (χ2n) is 6.55. The molecule has 1 fully saturated rings. The van der Waals surface area contributed by atoms with E-state index in [0.29, 0.717) is 17.4 Å². The number of aromatic nitrogens is 2. The summed E-state index contributed by atoms with van der Waals surface area (Å²) in [7, 11) is 1.52. The van der Waals surface area contributed by atoms with Crippen LogP contribution < -0.4 is 10.3 Å². The van der Waals surface area contributed by atoms with E-state index in [1.165, 1.54) is 31.7 Å². The summed E-state index contributed by atoms with van der Waals surface area (Å²) in [4.78, 5) is 17.4. The summed E-state index contributed by atoms with van der Waals surface area (Å²) in [5.74, 6) is 1.25. The average molecular weight is 359 g/mol. The summed E-state index contributed by atoms with van der Waals surface area (Å²) in [5, 5.41) is 13.9. The van der Waals surface area contributed by atoms with E-state index >= 15 is 0 Å². The minimum absolute atomic E-state index is 0.0777. The van der Waals surface area contributed by atoms with E-state index in [2.05, 4.69) is 10.1 Å². The van der Waals surface area contributed by atoms with Crippen molar-refractivity contribution < 1.29 is 9.84 Å². The summed E-state index contributed by atoms with van der Waals surface area (Å²) in [6.45, 7) is 1.96. The Bertz CT molecular complexity index is 893. The van der Waals surface area contributed by atoms with Gasteiger partial charge in [0, 0.05) is 0 Å². The van der Waals surface area contributed by atoms with Crippen molar-refractivity contribution in [3.63, 3.8) is 0 Å². The minimum Gasteiger partial charge on any atom is -0.504 e. The van der Waals surface area contributed by atoms with Gasteiger partial charge in [0.1, 0.15) is 0 Å². The number of aromatic amines is 1. The van der Waals surface area contributed by atoms with Gasteiger partial charge in [0.05, 0.1) is 29.0 Å². The molecule has 0 radical (unpaired) electrons. The van der Waals surface area contributed by atoms with Crippen LogP contribution in [0.25, 0.3) is 0 Å².